The van der Waals surface area contributed by atoms with Gasteiger partial charge in [0.05, 0.1) is 11.6 Å². The van der Waals surface area contributed by atoms with Gasteiger partial charge in [0.2, 0.25) is 10.0 Å². The zero-order chi connectivity index (χ0) is 22.9. The van der Waals surface area contributed by atoms with E-state index in [0.29, 0.717) is 31.5 Å². The van der Waals surface area contributed by atoms with Crippen molar-refractivity contribution in [3.63, 3.8) is 0 Å². The highest BCUT2D eigenvalue weighted by atomic mass is 32.2. The molecule has 9 nitrogen and oxygen atoms in total. The van der Waals surface area contributed by atoms with Gasteiger partial charge in [0, 0.05) is 31.7 Å². The Balaban J connectivity index is 1.37. The zero-order valence-corrected chi connectivity index (χ0v) is 19.2. The smallest absolute Gasteiger partial charge is 0.323 e. The summed E-state index contributed by atoms with van der Waals surface area (Å²) in [6.45, 7) is 3.00. The molecule has 2 saturated heterocycles. The number of piperazine rings is 1. The first-order valence-electron chi connectivity index (χ1n) is 11.2. The van der Waals surface area contributed by atoms with E-state index < -0.39 is 15.6 Å². The number of Topliss-reactive ketones (excluding diaryl/α,β-unsaturated/α-hetero) is 1. The van der Waals surface area contributed by atoms with Crippen LogP contribution >= 0.6 is 0 Å². The summed E-state index contributed by atoms with van der Waals surface area (Å²) in [7, 11) is -3.67. The van der Waals surface area contributed by atoms with Crippen molar-refractivity contribution in [2.24, 2.45) is 0 Å². The molecule has 0 radical (unpaired) electrons. The van der Waals surface area contributed by atoms with E-state index in [4.69, 9.17) is 0 Å². The van der Waals surface area contributed by atoms with E-state index >= 15 is 0 Å². The molecule has 10 heteroatoms. The van der Waals surface area contributed by atoms with Crippen molar-refractivity contribution in [3.05, 3.63) is 29.8 Å². The molecule has 0 bridgehead atoms. The summed E-state index contributed by atoms with van der Waals surface area (Å²) in [5.74, 6) is -0.265. The first-order chi connectivity index (χ1) is 15.2. The third-order valence-corrected chi connectivity index (χ3v) is 8.69. The van der Waals surface area contributed by atoms with Crippen molar-refractivity contribution in [2.75, 3.05) is 32.8 Å². The van der Waals surface area contributed by atoms with Crippen LogP contribution in [-0.4, -0.2) is 78.6 Å². The van der Waals surface area contributed by atoms with Gasteiger partial charge in [0.1, 0.15) is 5.54 Å². The SMILES string of the molecule is CC(=O)c1ccc(S(=O)(=O)N2CCN(CN3C(=O)NC4(CCCCCC4)C3=O)CC2)cc1. The fourth-order valence-electron chi connectivity index (χ4n) is 4.80. The third-order valence-electron chi connectivity index (χ3n) is 6.77. The van der Waals surface area contributed by atoms with E-state index in [1.165, 1.54) is 40.4 Å². The second-order valence-electron chi connectivity index (χ2n) is 8.90. The van der Waals surface area contributed by atoms with Gasteiger partial charge >= 0.3 is 6.03 Å². The molecule has 0 aromatic heterocycles. The average molecular weight is 463 g/mol. The minimum atomic E-state index is -3.67. The van der Waals surface area contributed by atoms with Gasteiger partial charge in [-0.25, -0.2) is 18.1 Å². The largest absolute Gasteiger partial charge is 0.326 e. The molecule has 174 valence electrons. The molecule has 1 N–H and O–H groups in total. The Morgan fingerprint density at radius 3 is 2.12 bits per heavy atom. The molecule has 4 rings (SSSR count). The van der Waals surface area contributed by atoms with Crippen molar-refractivity contribution in [1.82, 2.24) is 19.4 Å². The highest BCUT2D eigenvalue weighted by Gasteiger charge is 2.51. The van der Waals surface area contributed by atoms with Crippen LogP contribution in [0.4, 0.5) is 4.79 Å². The molecule has 3 amide bonds. The summed E-state index contributed by atoms with van der Waals surface area (Å²) in [5, 5.41) is 2.95. The predicted octanol–water partition coefficient (Wildman–Crippen LogP) is 1.80. The van der Waals surface area contributed by atoms with E-state index in [-0.39, 0.29) is 42.4 Å². The molecule has 3 aliphatic rings. The molecule has 32 heavy (non-hydrogen) atoms. The Kier molecular flexibility index (Phi) is 6.37. The van der Waals surface area contributed by atoms with Crippen LogP contribution in [0.2, 0.25) is 0 Å². The molecule has 1 spiro atoms. The lowest BCUT2D eigenvalue weighted by Crippen LogP contribution is -2.53. The Bertz CT molecular complexity index is 992. The monoisotopic (exact) mass is 462 g/mol. The summed E-state index contributed by atoms with van der Waals surface area (Å²) < 4.78 is 27.3. The minimum absolute atomic E-state index is 0.117. The highest BCUT2D eigenvalue weighted by Crippen LogP contribution is 2.33. The number of hydrogen-bond acceptors (Lipinski definition) is 6. The van der Waals surface area contributed by atoms with Crippen LogP contribution in [-0.2, 0) is 14.8 Å². The van der Waals surface area contributed by atoms with Gasteiger partial charge in [-0.3, -0.25) is 14.5 Å². The number of hydrogen-bond donors (Lipinski definition) is 1. The molecular weight excluding hydrogens is 432 g/mol. The molecule has 1 aromatic rings. The number of rotatable bonds is 5. The van der Waals surface area contributed by atoms with Gasteiger partial charge < -0.3 is 5.32 Å². The maximum absolute atomic E-state index is 13.1. The summed E-state index contributed by atoms with van der Waals surface area (Å²) >= 11 is 0. The Morgan fingerprint density at radius 2 is 1.56 bits per heavy atom. The van der Waals surface area contributed by atoms with Crippen LogP contribution in [0.1, 0.15) is 55.8 Å². The first-order valence-corrected chi connectivity index (χ1v) is 12.6. The van der Waals surface area contributed by atoms with Crippen molar-refractivity contribution >= 4 is 27.7 Å². The Hall–Kier alpha value is -2.30. The third kappa shape index (κ3) is 4.31. The van der Waals surface area contributed by atoms with E-state index in [1.54, 1.807) is 0 Å². The standard InChI is InChI=1S/C22H30N4O5S/c1-17(27)18-6-8-19(9-7-18)32(30,31)25-14-12-24(13-15-25)16-26-20(28)22(23-21(26)29)10-4-2-3-5-11-22/h6-9H,2-5,10-16H2,1H3,(H,23,29). The summed E-state index contributed by atoms with van der Waals surface area (Å²) in [6, 6.07) is 5.60. The number of amides is 3. The topological polar surface area (TPSA) is 107 Å². The average Bonchev–Trinajstić information content (AvgIpc) is 2.94. The van der Waals surface area contributed by atoms with Crippen LogP contribution in [0.3, 0.4) is 0 Å². The Morgan fingerprint density at radius 1 is 0.969 bits per heavy atom. The lowest BCUT2D eigenvalue weighted by Gasteiger charge is -2.35. The van der Waals surface area contributed by atoms with Crippen LogP contribution in [0.25, 0.3) is 0 Å². The molecule has 0 atom stereocenters. The highest BCUT2D eigenvalue weighted by molar-refractivity contribution is 7.89. The number of urea groups is 1. The van der Waals surface area contributed by atoms with Crippen molar-refractivity contribution in [2.45, 2.75) is 55.9 Å². The second-order valence-corrected chi connectivity index (χ2v) is 10.8. The van der Waals surface area contributed by atoms with E-state index in [0.717, 1.165) is 25.7 Å². The van der Waals surface area contributed by atoms with Gasteiger partial charge in [-0.15, -0.1) is 0 Å². The first kappa shape index (κ1) is 22.9. The van der Waals surface area contributed by atoms with Crippen LogP contribution < -0.4 is 5.32 Å². The minimum Gasteiger partial charge on any atom is -0.323 e. The van der Waals surface area contributed by atoms with Gasteiger partial charge in [-0.1, -0.05) is 37.8 Å². The van der Waals surface area contributed by atoms with Gasteiger partial charge in [-0.05, 0) is 31.9 Å². The van der Waals surface area contributed by atoms with Crippen molar-refractivity contribution in [3.8, 4) is 0 Å². The summed E-state index contributed by atoms with van der Waals surface area (Å²) in [5.41, 5.74) is -0.293. The van der Waals surface area contributed by atoms with Crippen molar-refractivity contribution < 1.29 is 22.8 Å². The van der Waals surface area contributed by atoms with Crippen molar-refractivity contribution in [1.29, 1.82) is 0 Å². The summed E-state index contributed by atoms with van der Waals surface area (Å²) in [4.78, 5) is 40.5. The number of carbonyl (C=O) groups excluding carboxylic acids is 3. The maximum atomic E-state index is 13.1. The molecule has 3 fully saturated rings. The number of nitrogens with zero attached hydrogens (tertiary/aromatic N) is 3. The Labute approximate surface area is 188 Å². The molecule has 1 aliphatic carbocycles. The lowest BCUT2D eigenvalue weighted by atomic mass is 9.90. The normalized spacial score (nSPS) is 22.7. The molecule has 1 aromatic carbocycles. The maximum Gasteiger partial charge on any atom is 0.326 e. The van der Waals surface area contributed by atoms with E-state index in [2.05, 4.69) is 5.32 Å². The van der Waals surface area contributed by atoms with Crippen LogP contribution in [0.5, 0.6) is 0 Å². The number of nitrogens with one attached hydrogen (secondary N) is 1. The number of benzene rings is 1. The fourth-order valence-corrected chi connectivity index (χ4v) is 6.22. The predicted molar refractivity (Wildman–Crippen MR) is 117 cm³/mol. The van der Waals surface area contributed by atoms with E-state index in [1.807, 2.05) is 4.90 Å². The second kappa shape index (κ2) is 8.92. The van der Waals surface area contributed by atoms with Crippen LogP contribution in [0.15, 0.2) is 29.2 Å². The zero-order valence-electron chi connectivity index (χ0n) is 18.4. The fraction of sp³-hybridized carbons (Fsp3) is 0.591. The van der Waals surface area contributed by atoms with E-state index in [9.17, 15) is 22.8 Å². The van der Waals surface area contributed by atoms with Gasteiger partial charge in [-0.2, -0.15) is 4.31 Å². The molecule has 0 unspecified atom stereocenters. The van der Waals surface area contributed by atoms with Gasteiger partial charge in [0.25, 0.3) is 5.91 Å². The van der Waals surface area contributed by atoms with Gasteiger partial charge in [0.15, 0.2) is 5.78 Å². The molecule has 1 saturated carbocycles. The number of sulfonamides is 1. The quantitative estimate of drug-likeness (QED) is 0.528. The summed E-state index contributed by atoms with van der Waals surface area (Å²) in [6.07, 6.45) is 5.40. The number of ketones is 1. The lowest BCUT2D eigenvalue weighted by molar-refractivity contribution is -0.133. The van der Waals surface area contributed by atoms with Crippen LogP contribution in [0, 0.1) is 0 Å². The number of carbonyl (C=O) groups is 3. The molecule has 2 aliphatic heterocycles. The molecule has 2 heterocycles. The molecular formula is C22H30N4O5S. The number of imide groups is 1.